The van der Waals surface area contributed by atoms with Crippen LogP contribution in [-0.4, -0.2) is 13.6 Å². The van der Waals surface area contributed by atoms with Gasteiger partial charge >= 0.3 is 6.18 Å². The summed E-state index contributed by atoms with van der Waals surface area (Å²) in [6, 6.07) is 11.7. The van der Waals surface area contributed by atoms with Gasteiger partial charge in [0.1, 0.15) is 5.76 Å². The first-order valence-corrected chi connectivity index (χ1v) is 8.87. The number of hydrogen-bond donors (Lipinski definition) is 1. The second kappa shape index (κ2) is 6.49. The van der Waals surface area contributed by atoms with Gasteiger partial charge < -0.3 is 4.52 Å². The minimum atomic E-state index is -4.45. The summed E-state index contributed by atoms with van der Waals surface area (Å²) in [5.74, 6) is 0.493. The van der Waals surface area contributed by atoms with Crippen molar-refractivity contribution >= 4 is 15.8 Å². The van der Waals surface area contributed by atoms with Crippen molar-refractivity contribution in [1.29, 1.82) is 0 Å². The highest BCUT2D eigenvalue weighted by molar-refractivity contribution is 7.92. The Balaban J connectivity index is 1.87. The normalized spacial score (nSPS) is 12.2. The molecular weight excluding hydrogens is 369 g/mol. The van der Waals surface area contributed by atoms with Crippen LogP contribution in [-0.2, 0) is 16.2 Å². The first-order valence-electron chi connectivity index (χ1n) is 7.39. The summed E-state index contributed by atoms with van der Waals surface area (Å²) in [6.07, 6.45) is -4.45. The molecule has 0 amide bonds. The van der Waals surface area contributed by atoms with E-state index in [1.807, 2.05) is 0 Å². The van der Waals surface area contributed by atoms with Gasteiger partial charge in [-0.05, 0) is 42.3 Å². The predicted molar refractivity (Wildman–Crippen MR) is 88.9 cm³/mol. The molecule has 3 rings (SSSR count). The molecule has 0 radical (unpaired) electrons. The highest BCUT2D eigenvalue weighted by atomic mass is 32.2. The van der Waals surface area contributed by atoms with Crippen LogP contribution >= 0.6 is 0 Å². The average Bonchev–Trinajstić information content (AvgIpc) is 2.98. The van der Waals surface area contributed by atoms with E-state index in [1.54, 1.807) is 6.92 Å². The van der Waals surface area contributed by atoms with E-state index in [9.17, 15) is 21.6 Å². The van der Waals surface area contributed by atoms with Gasteiger partial charge in [0, 0.05) is 6.07 Å². The zero-order chi connectivity index (χ0) is 18.9. The lowest BCUT2D eigenvalue weighted by molar-refractivity contribution is -0.137. The minimum Gasteiger partial charge on any atom is -0.360 e. The van der Waals surface area contributed by atoms with Crippen molar-refractivity contribution in [3.63, 3.8) is 0 Å². The summed E-state index contributed by atoms with van der Waals surface area (Å²) in [4.78, 5) is -0.0473. The molecule has 1 heterocycles. The standard InChI is InChI=1S/C17H13F3N2O3S/c1-11-9-16(21-25-11)22-26(23,24)15-7-5-12(6-8-15)13-3-2-4-14(10-13)17(18,19)20/h2-10H,1H3,(H,21,22). The van der Waals surface area contributed by atoms with Gasteiger partial charge in [0.2, 0.25) is 0 Å². The molecule has 0 atom stereocenters. The molecule has 0 aliphatic rings. The molecule has 0 saturated carbocycles. The number of aromatic nitrogens is 1. The average molecular weight is 382 g/mol. The highest BCUT2D eigenvalue weighted by Gasteiger charge is 2.30. The number of aryl methyl sites for hydroxylation is 1. The molecule has 26 heavy (non-hydrogen) atoms. The zero-order valence-corrected chi connectivity index (χ0v) is 14.2. The number of anilines is 1. The molecule has 1 N–H and O–H groups in total. The first kappa shape index (κ1) is 18.0. The van der Waals surface area contributed by atoms with Gasteiger partial charge in [-0.25, -0.2) is 8.42 Å². The van der Waals surface area contributed by atoms with Crippen molar-refractivity contribution in [3.05, 3.63) is 65.9 Å². The molecule has 0 unspecified atom stereocenters. The Hall–Kier alpha value is -2.81. The maximum Gasteiger partial charge on any atom is 0.416 e. The van der Waals surface area contributed by atoms with Crippen LogP contribution in [0.1, 0.15) is 11.3 Å². The molecule has 0 saturated heterocycles. The first-order chi connectivity index (χ1) is 12.1. The van der Waals surface area contributed by atoms with E-state index in [0.29, 0.717) is 16.9 Å². The smallest absolute Gasteiger partial charge is 0.360 e. The predicted octanol–water partition coefficient (Wildman–Crippen LogP) is 4.47. The Bertz CT molecular complexity index is 1030. The summed E-state index contributed by atoms with van der Waals surface area (Å²) >= 11 is 0. The Morgan fingerprint density at radius 3 is 2.27 bits per heavy atom. The quantitative estimate of drug-likeness (QED) is 0.723. The van der Waals surface area contributed by atoms with Crippen molar-refractivity contribution in [2.24, 2.45) is 0 Å². The molecular formula is C17H13F3N2O3S. The number of nitrogens with one attached hydrogen (secondary N) is 1. The van der Waals surface area contributed by atoms with Crippen LogP contribution in [0, 0.1) is 6.92 Å². The van der Waals surface area contributed by atoms with Gasteiger partial charge in [-0.3, -0.25) is 4.72 Å². The highest BCUT2D eigenvalue weighted by Crippen LogP contribution is 2.32. The zero-order valence-electron chi connectivity index (χ0n) is 13.4. The fraction of sp³-hybridized carbons (Fsp3) is 0.118. The van der Waals surface area contributed by atoms with Gasteiger partial charge in [-0.15, -0.1) is 0 Å². The van der Waals surface area contributed by atoms with Gasteiger partial charge in [-0.1, -0.05) is 29.4 Å². The maximum atomic E-state index is 12.8. The van der Waals surface area contributed by atoms with E-state index in [4.69, 9.17) is 4.52 Å². The number of benzene rings is 2. The fourth-order valence-electron chi connectivity index (χ4n) is 2.31. The molecule has 9 heteroatoms. The number of nitrogens with zero attached hydrogens (tertiary/aromatic N) is 1. The molecule has 0 aliphatic heterocycles. The third-order valence-corrected chi connectivity index (χ3v) is 4.93. The van der Waals surface area contributed by atoms with Crippen LogP contribution < -0.4 is 4.72 Å². The largest absolute Gasteiger partial charge is 0.416 e. The molecule has 0 spiro atoms. The minimum absolute atomic E-state index is 0.0458. The summed E-state index contributed by atoms with van der Waals surface area (Å²) < 4.78 is 70.1. The van der Waals surface area contributed by atoms with Gasteiger partial charge in [0.15, 0.2) is 5.82 Å². The van der Waals surface area contributed by atoms with Gasteiger partial charge in [-0.2, -0.15) is 13.2 Å². The monoisotopic (exact) mass is 382 g/mol. The third kappa shape index (κ3) is 3.88. The summed E-state index contributed by atoms with van der Waals surface area (Å²) in [6.45, 7) is 1.62. The number of rotatable bonds is 4. The van der Waals surface area contributed by atoms with Crippen LogP contribution in [0.25, 0.3) is 11.1 Å². The van der Waals surface area contributed by atoms with Crippen molar-refractivity contribution in [3.8, 4) is 11.1 Å². The van der Waals surface area contributed by atoms with Gasteiger partial charge in [0.25, 0.3) is 10.0 Å². The van der Waals surface area contributed by atoms with Crippen molar-refractivity contribution in [2.45, 2.75) is 18.0 Å². The fourth-order valence-corrected chi connectivity index (χ4v) is 3.30. The molecule has 3 aromatic rings. The van der Waals surface area contributed by atoms with Crippen LogP contribution in [0.2, 0.25) is 0 Å². The van der Waals surface area contributed by atoms with E-state index in [2.05, 4.69) is 9.88 Å². The second-order valence-electron chi connectivity index (χ2n) is 5.53. The lowest BCUT2D eigenvalue weighted by atomic mass is 10.0. The maximum absolute atomic E-state index is 12.8. The molecule has 5 nitrogen and oxygen atoms in total. The van der Waals surface area contributed by atoms with E-state index >= 15 is 0 Å². The SMILES string of the molecule is Cc1cc(NS(=O)(=O)c2ccc(-c3cccc(C(F)(F)F)c3)cc2)no1. The summed E-state index contributed by atoms with van der Waals surface area (Å²) in [5, 5.41) is 3.55. The van der Waals surface area contributed by atoms with E-state index in [-0.39, 0.29) is 10.7 Å². The van der Waals surface area contributed by atoms with E-state index < -0.39 is 21.8 Å². The molecule has 136 valence electrons. The van der Waals surface area contributed by atoms with Crippen LogP contribution in [0.5, 0.6) is 0 Å². The van der Waals surface area contributed by atoms with Crippen molar-refractivity contribution < 1.29 is 26.1 Å². The Morgan fingerprint density at radius 1 is 1.00 bits per heavy atom. The molecule has 2 aromatic carbocycles. The van der Waals surface area contributed by atoms with Crippen LogP contribution in [0.4, 0.5) is 19.0 Å². The Labute approximate surface area is 147 Å². The van der Waals surface area contributed by atoms with E-state index in [1.165, 1.54) is 42.5 Å². The second-order valence-corrected chi connectivity index (χ2v) is 7.21. The number of halogens is 3. The van der Waals surface area contributed by atoms with Crippen molar-refractivity contribution in [2.75, 3.05) is 4.72 Å². The molecule has 1 aromatic heterocycles. The summed E-state index contributed by atoms with van der Waals surface area (Å²) in [5.41, 5.74) is 0.0333. The number of sulfonamides is 1. The Kier molecular flexibility index (Phi) is 4.49. The lowest BCUT2D eigenvalue weighted by Gasteiger charge is -2.10. The lowest BCUT2D eigenvalue weighted by Crippen LogP contribution is -2.13. The number of alkyl halides is 3. The van der Waals surface area contributed by atoms with Crippen LogP contribution in [0.15, 0.2) is 64.0 Å². The van der Waals surface area contributed by atoms with Crippen molar-refractivity contribution in [1.82, 2.24) is 5.16 Å². The topological polar surface area (TPSA) is 72.2 Å². The molecule has 0 fully saturated rings. The molecule has 0 aliphatic carbocycles. The molecule has 0 bridgehead atoms. The van der Waals surface area contributed by atoms with E-state index in [0.717, 1.165) is 12.1 Å². The summed E-state index contributed by atoms with van der Waals surface area (Å²) in [7, 11) is -3.88. The van der Waals surface area contributed by atoms with Gasteiger partial charge in [0.05, 0.1) is 10.5 Å². The van der Waals surface area contributed by atoms with Crippen LogP contribution in [0.3, 0.4) is 0 Å². The Morgan fingerprint density at radius 2 is 1.69 bits per heavy atom. The third-order valence-electron chi connectivity index (χ3n) is 3.55. The number of hydrogen-bond acceptors (Lipinski definition) is 4.